The second-order valence-corrected chi connectivity index (χ2v) is 6.81. The van der Waals surface area contributed by atoms with E-state index in [0.717, 1.165) is 34.6 Å². The van der Waals surface area contributed by atoms with Crippen LogP contribution in [0.1, 0.15) is 64.4 Å². The third kappa shape index (κ3) is 5.09. The standard InChI is InChI=1S/C18H26N2OS/c1-3-5-7-8-10-17(21)20-18-19-15-12-11-14(9-6-4-2)13-16(15)22-18/h11-13H,3-10H2,1-2H3,(H,19,20,21). The largest absolute Gasteiger partial charge is 0.302 e. The van der Waals surface area contributed by atoms with Gasteiger partial charge in [0.1, 0.15) is 0 Å². The molecule has 0 bridgehead atoms. The first-order valence-electron chi connectivity index (χ1n) is 8.42. The number of carbonyl (C=O) groups is 1. The van der Waals surface area contributed by atoms with Crippen molar-refractivity contribution in [2.45, 2.75) is 65.2 Å². The summed E-state index contributed by atoms with van der Waals surface area (Å²) in [5.41, 5.74) is 2.34. The van der Waals surface area contributed by atoms with Crippen molar-refractivity contribution >= 4 is 32.6 Å². The molecule has 1 N–H and O–H groups in total. The zero-order chi connectivity index (χ0) is 15.8. The number of nitrogens with one attached hydrogen (secondary N) is 1. The van der Waals surface area contributed by atoms with E-state index in [1.54, 1.807) is 11.3 Å². The predicted octanol–water partition coefficient (Wildman–Crippen LogP) is 5.55. The molecule has 0 spiro atoms. The van der Waals surface area contributed by atoms with E-state index in [9.17, 15) is 4.79 Å². The van der Waals surface area contributed by atoms with Crippen LogP contribution in [0.25, 0.3) is 10.2 Å². The zero-order valence-electron chi connectivity index (χ0n) is 13.7. The highest BCUT2D eigenvalue weighted by atomic mass is 32.1. The minimum absolute atomic E-state index is 0.0846. The van der Waals surface area contributed by atoms with Gasteiger partial charge in [-0.3, -0.25) is 4.79 Å². The zero-order valence-corrected chi connectivity index (χ0v) is 14.5. The Balaban J connectivity index is 1.92. The summed E-state index contributed by atoms with van der Waals surface area (Å²) >= 11 is 1.57. The molecule has 1 aromatic heterocycles. The number of hydrogen-bond acceptors (Lipinski definition) is 3. The van der Waals surface area contributed by atoms with E-state index in [0.29, 0.717) is 6.42 Å². The van der Waals surface area contributed by atoms with Crippen LogP contribution in [0.2, 0.25) is 0 Å². The van der Waals surface area contributed by atoms with E-state index in [1.807, 2.05) is 0 Å². The van der Waals surface area contributed by atoms with E-state index < -0.39 is 0 Å². The number of amides is 1. The Kier molecular flexibility index (Phi) is 6.84. The van der Waals surface area contributed by atoms with Gasteiger partial charge < -0.3 is 5.32 Å². The number of aryl methyl sites for hydroxylation is 1. The number of nitrogens with zero attached hydrogens (tertiary/aromatic N) is 1. The fraction of sp³-hybridized carbons (Fsp3) is 0.556. The Hall–Kier alpha value is -1.42. The molecular formula is C18H26N2OS. The number of benzene rings is 1. The molecule has 0 aliphatic heterocycles. The van der Waals surface area contributed by atoms with E-state index in [-0.39, 0.29) is 5.91 Å². The molecular weight excluding hydrogens is 292 g/mol. The topological polar surface area (TPSA) is 42.0 Å². The highest BCUT2D eigenvalue weighted by Gasteiger charge is 2.08. The first-order valence-corrected chi connectivity index (χ1v) is 9.24. The van der Waals surface area contributed by atoms with Crippen LogP contribution in [0.3, 0.4) is 0 Å². The average Bonchev–Trinajstić information content (AvgIpc) is 2.90. The second-order valence-electron chi connectivity index (χ2n) is 5.78. The summed E-state index contributed by atoms with van der Waals surface area (Å²) in [6, 6.07) is 6.42. The van der Waals surface area contributed by atoms with Crippen LogP contribution in [-0.4, -0.2) is 10.9 Å². The van der Waals surface area contributed by atoms with E-state index in [1.165, 1.54) is 31.2 Å². The number of rotatable bonds is 9. The van der Waals surface area contributed by atoms with Gasteiger partial charge in [-0.15, -0.1) is 0 Å². The number of unbranched alkanes of at least 4 members (excludes halogenated alkanes) is 4. The molecule has 1 amide bonds. The van der Waals surface area contributed by atoms with Crippen molar-refractivity contribution in [3.63, 3.8) is 0 Å². The molecule has 1 heterocycles. The Morgan fingerprint density at radius 2 is 1.95 bits per heavy atom. The van der Waals surface area contributed by atoms with Gasteiger partial charge >= 0.3 is 0 Å². The van der Waals surface area contributed by atoms with Crippen LogP contribution >= 0.6 is 11.3 Å². The lowest BCUT2D eigenvalue weighted by Crippen LogP contribution is -2.10. The summed E-state index contributed by atoms with van der Waals surface area (Å²) in [7, 11) is 0. The first-order chi connectivity index (χ1) is 10.7. The molecule has 0 atom stereocenters. The van der Waals surface area contributed by atoms with Gasteiger partial charge in [-0.2, -0.15) is 0 Å². The lowest BCUT2D eigenvalue weighted by molar-refractivity contribution is -0.116. The van der Waals surface area contributed by atoms with Crippen LogP contribution in [0.15, 0.2) is 18.2 Å². The highest BCUT2D eigenvalue weighted by molar-refractivity contribution is 7.22. The lowest BCUT2D eigenvalue weighted by atomic mass is 10.1. The molecule has 0 saturated carbocycles. The van der Waals surface area contributed by atoms with Gasteiger partial charge in [-0.05, 0) is 37.0 Å². The molecule has 0 aliphatic carbocycles. The number of anilines is 1. The van der Waals surface area contributed by atoms with Crippen molar-refractivity contribution < 1.29 is 4.79 Å². The maximum absolute atomic E-state index is 11.9. The Bertz CT molecular complexity index is 606. The van der Waals surface area contributed by atoms with Crippen molar-refractivity contribution in [2.75, 3.05) is 5.32 Å². The molecule has 0 unspecified atom stereocenters. The summed E-state index contributed by atoms with van der Waals surface area (Å²) < 4.78 is 1.16. The first kappa shape index (κ1) is 16.9. The maximum Gasteiger partial charge on any atom is 0.226 e. The summed E-state index contributed by atoms with van der Waals surface area (Å²) in [4.78, 5) is 16.4. The van der Waals surface area contributed by atoms with Crippen LogP contribution in [0, 0.1) is 0 Å². The fourth-order valence-corrected chi connectivity index (χ4v) is 3.40. The summed E-state index contributed by atoms with van der Waals surface area (Å²) in [5, 5.41) is 3.66. The maximum atomic E-state index is 11.9. The van der Waals surface area contributed by atoms with Gasteiger partial charge in [0.25, 0.3) is 0 Å². The molecule has 3 nitrogen and oxygen atoms in total. The fourth-order valence-electron chi connectivity index (χ4n) is 2.45. The average molecular weight is 318 g/mol. The number of hydrogen-bond donors (Lipinski definition) is 1. The van der Waals surface area contributed by atoms with E-state index in [4.69, 9.17) is 0 Å². The molecule has 2 rings (SSSR count). The molecule has 120 valence electrons. The van der Waals surface area contributed by atoms with Crippen molar-refractivity contribution in [1.82, 2.24) is 4.98 Å². The third-order valence-corrected chi connectivity index (χ3v) is 4.71. The number of aromatic nitrogens is 1. The van der Waals surface area contributed by atoms with Gasteiger partial charge in [0.05, 0.1) is 10.2 Å². The summed E-state index contributed by atoms with van der Waals surface area (Å²) in [6.45, 7) is 4.38. The molecule has 0 fully saturated rings. The molecule has 0 aliphatic rings. The molecule has 22 heavy (non-hydrogen) atoms. The minimum atomic E-state index is 0.0846. The molecule has 2 aromatic rings. The van der Waals surface area contributed by atoms with E-state index >= 15 is 0 Å². The highest BCUT2D eigenvalue weighted by Crippen LogP contribution is 2.27. The summed E-state index contributed by atoms with van der Waals surface area (Å²) in [5.74, 6) is 0.0846. The molecule has 4 heteroatoms. The van der Waals surface area contributed by atoms with Crippen LogP contribution in [0.4, 0.5) is 5.13 Å². The van der Waals surface area contributed by atoms with Gasteiger partial charge in [0.15, 0.2) is 5.13 Å². The van der Waals surface area contributed by atoms with Crippen LogP contribution in [0.5, 0.6) is 0 Å². The normalized spacial score (nSPS) is 11.0. The third-order valence-electron chi connectivity index (χ3n) is 3.78. The number of fused-ring (bicyclic) bond motifs is 1. The quantitative estimate of drug-likeness (QED) is 0.616. The Morgan fingerprint density at radius 3 is 2.73 bits per heavy atom. The minimum Gasteiger partial charge on any atom is -0.302 e. The molecule has 0 saturated heterocycles. The number of carbonyl (C=O) groups excluding carboxylic acids is 1. The van der Waals surface area contributed by atoms with Crippen molar-refractivity contribution in [3.8, 4) is 0 Å². The van der Waals surface area contributed by atoms with Gasteiger partial charge in [-0.1, -0.05) is 56.9 Å². The van der Waals surface area contributed by atoms with Gasteiger partial charge in [-0.25, -0.2) is 4.98 Å². The second kappa shape index (κ2) is 8.89. The van der Waals surface area contributed by atoms with Crippen molar-refractivity contribution in [2.24, 2.45) is 0 Å². The molecule has 0 radical (unpaired) electrons. The van der Waals surface area contributed by atoms with Gasteiger partial charge in [0.2, 0.25) is 5.91 Å². The van der Waals surface area contributed by atoms with Crippen LogP contribution in [-0.2, 0) is 11.2 Å². The monoisotopic (exact) mass is 318 g/mol. The van der Waals surface area contributed by atoms with E-state index in [2.05, 4.69) is 42.3 Å². The lowest BCUT2D eigenvalue weighted by Gasteiger charge is -2.00. The number of thiazole rings is 1. The van der Waals surface area contributed by atoms with Crippen LogP contribution < -0.4 is 5.32 Å². The molecule has 1 aromatic carbocycles. The van der Waals surface area contributed by atoms with Crippen molar-refractivity contribution in [1.29, 1.82) is 0 Å². The predicted molar refractivity (Wildman–Crippen MR) is 95.6 cm³/mol. The van der Waals surface area contributed by atoms with Gasteiger partial charge in [0, 0.05) is 6.42 Å². The summed E-state index contributed by atoms with van der Waals surface area (Å²) in [6.07, 6.45) is 8.62. The smallest absolute Gasteiger partial charge is 0.226 e. The van der Waals surface area contributed by atoms with Crippen molar-refractivity contribution in [3.05, 3.63) is 23.8 Å². The SMILES string of the molecule is CCCCCCC(=O)Nc1nc2ccc(CCCC)cc2s1. The Labute approximate surface area is 137 Å². The Morgan fingerprint density at radius 1 is 1.14 bits per heavy atom.